The number of sulfonamides is 1. The van der Waals surface area contributed by atoms with E-state index >= 15 is 0 Å². The number of hydrogen-bond donors (Lipinski definition) is 3. The molecule has 1 amide bonds. The number of benzene rings is 2. The van der Waals surface area contributed by atoms with Crippen LogP contribution in [-0.2, 0) is 14.8 Å². The van der Waals surface area contributed by atoms with Crippen molar-refractivity contribution in [3.63, 3.8) is 0 Å². The lowest BCUT2D eigenvalue weighted by Gasteiger charge is -2.20. The fourth-order valence-electron chi connectivity index (χ4n) is 3.20. The number of rotatable bonds is 9. The van der Waals surface area contributed by atoms with Crippen LogP contribution < -0.4 is 20.3 Å². The van der Waals surface area contributed by atoms with Gasteiger partial charge in [-0.1, -0.05) is 0 Å². The highest BCUT2D eigenvalue weighted by Gasteiger charge is 2.14. The van der Waals surface area contributed by atoms with Crippen LogP contribution in [0.1, 0.15) is 26.5 Å². The predicted octanol–water partition coefficient (Wildman–Crippen LogP) is 4.13. The summed E-state index contributed by atoms with van der Waals surface area (Å²) >= 11 is 0. The van der Waals surface area contributed by atoms with Crippen LogP contribution in [0.4, 0.5) is 28.8 Å². The lowest BCUT2D eigenvalue weighted by molar-refractivity contribution is -0.114. The van der Waals surface area contributed by atoms with E-state index < -0.39 is 10.0 Å². The quantitative estimate of drug-likeness (QED) is 0.432. The number of carbonyl (C=O) groups is 1. The van der Waals surface area contributed by atoms with Crippen LogP contribution in [0, 0.1) is 6.92 Å². The van der Waals surface area contributed by atoms with Gasteiger partial charge < -0.3 is 15.5 Å². The number of nitrogens with zero attached hydrogens (tertiary/aromatic N) is 3. The monoisotopic (exact) mass is 468 g/mol. The fraction of sp³-hybridized carbons (Fsp3) is 0.261. The largest absolute Gasteiger partial charge is 0.357 e. The van der Waals surface area contributed by atoms with E-state index in [4.69, 9.17) is 0 Å². The maximum absolute atomic E-state index is 12.7. The van der Waals surface area contributed by atoms with Gasteiger partial charge in [-0.25, -0.2) is 13.4 Å². The number of hydrogen-bond acceptors (Lipinski definition) is 7. The van der Waals surface area contributed by atoms with Crippen molar-refractivity contribution in [2.75, 3.05) is 33.3 Å². The Kier molecular flexibility index (Phi) is 7.49. The molecule has 174 valence electrons. The third-order valence-electron chi connectivity index (χ3n) is 4.81. The van der Waals surface area contributed by atoms with Gasteiger partial charge in [-0.05, 0) is 69.3 Å². The van der Waals surface area contributed by atoms with Crippen molar-refractivity contribution in [2.45, 2.75) is 32.6 Å². The summed E-state index contributed by atoms with van der Waals surface area (Å²) in [6.45, 7) is 9.14. The lowest BCUT2D eigenvalue weighted by atomic mass is 10.3. The zero-order valence-corrected chi connectivity index (χ0v) is 19.9. The van der Waals surface area contributed by atoms with E-state index in [-0.39, 0.29) is 10.8 Å². The molecule has 0 bridgehead atoms. The highest BCUT2D eigenvalue weighted by molar-refractivity contribution is 7.92. The maximum atomic E-state index is 12.7. The highest BCUT2D eigenvalue weighted by atomic mass is 32.2. The zero-order valence-electron chi connectivity index (χ0n) is 19.1. The third-order valence-corrected chi connectivity index (χ3v) is 6.20. The Balaban J connectivity index is 1.71. The summed E-state index contributed by atoms with van der Waals surface area (Å²) < 4.78 is 27.9. The Bertz CT molecular complexity index is 1210. The second-order valence-corrected chi connectivity index (χ2v) is 9.06. The summed E-state index contributed by atoms with van der Waals surface area (Å²) in [6.07, 6.45) is 0. The van der Waals surface area contributed by atoms with Gasteiger partial charge in [0.1, 0.15) is 5.82 Å². The molecule has 0 fully saturated rings. The second-order valence-electron chi connectivity index (χ2n) is 7.38. The van der Waals surface area contributed by atoms with E-state index in [2.05, 4.69) is 44.1 Å². The van der Waals surface area contributed by atoms with Gasteiger partial charge in [0.15, 0.2) is 0 Å². The zero-order chi connectivity index (χ0) is 24.0. The number of aryl methyl sites for hydroxylation is 1. The Labute approximate surface area is 194 Å². The number of aromatic nitrogens is 2. The molecule has 0 atom stereocenters. The molecule has 0 radical (unpaired) electrons. The molecular weight excluding hydrogens is 440 g/mol. The fourth-order valence-corrected chi connectivity index (χ4v) is 4.26. The molecule has 3 aromatic rings. The summed E-state index contributed by atoms with van der Waals surface area (Å²) in [4.78, 5) is 22.4. The van der Waals surface area contributed by atoms with Crippen molar-refractivity contribution in [3.8, 4) is 0 Å². The third kappa shape index (κ3) is 6.42. The molecule has 33 heavy (non-hydrogen) atoms. The van der Waals surface area contributed by atoms with Gasteiger partial charge in [-0.3, -0.25) is 9.52 Å². The molecule has 0 saturated carbocycles. The molecule has 3 rings (SSSR count). The first-order valence-electron chi connectivity index (χ1n) is 10.6. The highest BCUT2D eigenvalue weighted by Crippen LogP contribution is 2.22. The molecule has 3 N–H and O–H groups in total. The molecule has 1 heterocycles. The van der Waals surface area contributed by atoms with E-state index in [9.17, 15) is 13.2 Å². The Morgan fingerprint density at radius 2 is 1.48 bits per heavy atom. The smallest absolute Gasteiger partial charge is 0.261 e. The normalized spacial score (nSPS) is 11.0. The van der Waals surface area contributed by atoms with E-state index in [1.807, 2.05) is 13.0 Å². The van der Waals surface area contributed by atoms with Gasteiger partial charge in [0, 0.05) is 48.8 Å². The van der Waals surface area contributed by atoms with Crippen LogP contribution in [0.5, 0.6) is 0 Å². The molecule has 10 heteroatoms. The molecule has 0 unspecified atom stereocenters. The van der Waals surface area contributed by atoms with Crippen molar-refractivity contribution in [3.05, 3.63) is 60.3 Å². The average molecular weight is 469 g/mol. The molecule has 0 aliphatic carbocycles. The Morgan fingerprint density at radius 3 is 2.06 bits per heavy atom. The van der Waals surface area contributed by atoms with Gasteiger partial charge in [0.25, 0.3) is 10.0 Å². The first-order chi connectivity index (χ1) is 15.7. The molecule has 0 spiro atoms. The van der Waals surface area contributed by atoms with Crippen molar-refractivity contribution in [1.82, 2.24) is 9.97 Å². The van der Waals surface area contributed by atoms with E-state index in [1.165, 1.54) is 31.2 Å². The Morgan fingerprint density at radius 1 is 0.909 bits per heavy atom. The molecule has 0 aliphatic heterocycles. The van der Waals surface area contributed by atoms with Crippen LogP contribution in [0.3, 0.4) is 0 Å². The summed E-state index contributed by atoms with van der Waals surface area (Å²) in [5.74, 6) is 1.10. The number of anilines is 5. The van der Waals surface area contributed by atoms with Crippen molar-refractivity contribution in [2.24, 2.45) is 0 Å². The lowest BCUT2D eigenvalue weighted by Crippen LogP contribution is -2.23. The molecule has 2 aromatic carbocycles. The van der Waals surface area contributed by atoms with Crippen LogP contribution in [0.15, 0.2) is 59.5 Å². The SMILES string of the molecule is CCN(CC)c1cc(C)nc(Nc2ccc(NS(=O)(=O)c3ccc(NC(C)=O)cc3)cc2)n1. The summed E-state index contributed by atoms with van der Waals surface area (Å²) in [7, 11) is -3.77. The first kappa shape index (κ1) is 24.0. The second kappa shape index (κ2) is 10.3. The van der Waals surface area contributed by atoms with Gasteiger partial charge in [0.2, 0.25) is 11.9 Å². The van der Waals surface area contributed by atoms with Crippen LogP contribution in [-0.4, -0.2) is 37.4 Å². The summed E-state index contributed by atoms with van der Waals surface area (Å²) in [5.41, 5.74) is 2.52. The molecule has 1 aromatic heterocycles. The van der Waals surface area contributed by atoms with Crippen LogP contribution in [0.2, 0.25) is 0 Å². The number of nitrogens with one attached hydrogen (secondary N) is 3. The minimum Gasteiger partial charge on any atom is -0.357 e. The summed E-state index contributed by atoms with van der Waals surface area (Å²) in [5, 5.41) is 5.78. The van der Waals surface area contributed by atoms with Crippen molar-refractivity contribution >= 4 is 44.8 Å². The number of carbonyl (C=O) groups excluding carboxylic acids is 1. The van der Waals surface area contributed by atoms with Gasteiger partial charge in [0.05, 0.1) is 4.90 Å². The first-order valence-corrected chi connectivity index (χ1v) is 12.1. The predicted molar refractivity (Wildman–Crippen MR) is 132 cm³/mol. The Hall–Kier alpha value is -3.66. The maximum Gasteiger partial charge on any atom is 0.261 e. The van der Waals surface area contributed by atoms with E-state index in [1.54, 1.807) is 24.3 Å². The number of amides is 1. The molecule has 0 aliphatic rings. The standard InChI is InChI=1S/C23H28N6O3S/c1-5-29(6-2)22-15-16(3)24-23(27-22)26-19-7-9-20(10-8-19)28-33(31,32)21-13-11-18(12-14-21)25-17(4)30/h7-15,28H,5-6H2,1-4H3,(H,25,30)(H,24,26,27). The minimum atomic E-state index is -3.77. The van der Waals surface area contributed by atoms with Gasteiger partial charge in [-0.15, -0.1) is 0 Å². The van der Waals surface area contributed by atoms with E-state index in [0.717, 1.165) is 30.3 Å². The van der Waals surface area contributed by atoms with Crippen LogP contribution >= 0.6 is 0 Å². The molecule has 0 saturated heterocycles. The van der Waals surface area contributed by atoms with Gasteiger partial charge in [-0.2, -0.15) is 4.98 Å². The summed E-state index contributed by atoms with van der Waals surface area (Å²) in [6, 6.07) is 14.7. The van der Waals surface area contributed by atoms with Gasteiger partial charge >= 0.3 is 0 Å². The molecule has 9 nitrogen and oxygen atoms in total. The minimum absolute atomic E-state index is 0.0934. The van der Waals surface area contributed by atoms with Crippen LogP contribution in [0.25, 0.3) is 0 Å². The van der Waals surface area contributed by atoms with Crippen molar-refractivity contribution in [1.29, 1.82) is 0 Å². The topological polar surface area (TPSA) is 116 Å². The van der Waals surface area contributed by atoms with Crippen molar-refractivity contribution < 1.29 is 13.2 Å². The molecular formula is C23H28N6O3S. The van der Waals surface area contributed by atoms with E-state index in [0.29, 0.717) is 17.3 Å². The average Bonchev–Trinajstić information content (AvgIpc) is 2.75.